The van der Waals surface area contributed by atoms with E-state index >= 15 is 0 Å². The van der Waals surface area contributed by atoms with Crippen LogP contribution in [0.25, 0.3) is 0 Å². The number of hydrogen-bond donors (Lipinski definition) is 3. The van der Waals surface area contributed by atoms with Gasteiger partial charge in [-0.2, -0.15) is 0 Å². The standard InChI is InChI=1S/C12H25NO3/c1-5-9(6-2)10(14)7-13-8-12(3,4)11(15)16/h9-10,13-14H,5-8H2,1-4H3,(H,15,16). The number of aliphatic hydroxyl groups is 1. The summed E-state index contributed by atoms with van der Waals surface area (Å²) in [5.74, 6) is -0.530. The van der Waals surface area contributed by atoms with E-state index in [2.05, 4.69) is 19.2 Å². The van der Waals surface area contributed by atoms with Crippen molar-refractivity contribution >= 4 is 5.97 Å². The molecule has 4 heteroatoms. The van der Waals surface area contributed by atoms with Crippen LogP contribution in [0.4, 0.5) is 0 Å². The van der Waals surface area contributed by atoms with Gasteiger partial charge in [0.2, 0.25) is 0 Å². The van der Waals surface area contributed by atoms with E-state index in [0.29, 0.717) is 19.0 Å². The zero-order valence-corrected chi connectivity index (χ0v) is 10.8. The molecule has 0 aromatic rings. The smallest absolute Gasteiger partial charge is 0.310 e. The molecular formula is C12H25NO3. The van der Waals surface area contributed by atoms with Crippen molar-refractivity contribution in [2.24, 2.45) is 11.3 Å². The Balaban J connectivity index is 3.94. The van der Waals surface area contributed by atoms with Crippen LogP contribution >= 0.6 is 0 Å². The van der Waals surface area contributed by atoms with Crippen molar-refractivity contribution in [1.82, 2.24) is 5.32 Å². The van der Waals surface area contributed by atoms with Crippen LogP contribution in [0.15, 0.2) is 0 Å². The van der Waals surface area contributed by atoms with Crippen molar-refractivity contribution in [1.29, 1.82) is 0 Å². The van der Waals surface area contributed by atoms with Gasteiger partial charge in [-0.3, -0.25) is 4.79 Å². The van der Waals surface area contributed by atoms with Gasteiger partial charge in [0.15, 0.2) is 0 Å². The van der Waals surface area contributed by atoms with Gasteiger partial charge < -0.3 is 15.5 Å². The van der Waals surface area contributed by atoms with Crippen molar-refractivity contribution in [2.45, 2.75) is 46.6 Å². The largest absolute Gasteiger partial charge is 0.481 e. The van der Waals surface area contributed by atoms with Crippen molar-refractivity contribution in [3.8, 4) is 0 Å². The van der Waals surface area contributed by atoms with E-state index in [1.807, 2.05) is 0 Å². The molecule has 96 valence electrons. The quantitative estimate of drug-likeness (QED) is 0.592. The number of hydrogen-bond acceptors (Lipinski definition) is 3. The lowest BCUT2D eigenvalue weighted by Crippen LogP contribution is -2.40. The number of aliphatic carboxylic acids is 1. The van der Waals surface area contributed by atoms with Gasteiger partial charge in [-0.1, -0.05) is 26.7 Å². The summed E-state index contributed by atoms with van der Waals surface area (Å²) in [7, 11) is 0. The molecular weight excluding hydrogens is 206 g/mol. The molecule has 0 saturated heterocycles. The summed E-state index contributed by atoms with van der Waals surface area (Å²) in [5, 5.41) is 21.8. The van der Waals surface area contributed by atoms with Crippen LogP contribution in [-0.4, -0.2) is 35.4 Å². The molecule has 16 heavy (non-hydrogen) atoms. The molecule has 0 spiro atoms. The van der Waals surface area contributed by atoms with E-state index in [4.69, 9.17) is 5.11 Å². The molecule has 0 aliphatic carbocycles. The van der Waals surface area contributed by atoms with Crippen molar-refractivity contribution in [3.05, 3.63) is 0 Å². The molecule has 3 N–H and O–H groups in total. The Labute approximate surface area is 98.1 Å². The first kappa shape index (κ1) is 15.4. The molecule has 0 heterocycles. The molecule has 4 nitrogen and oxygen atoms in total. The Morgan fingerprint density at radius 1 is 1.31 bits per heavy atom. The van der Waals surface area contributed by atoms with Gasteiger partial charge in [0.25, 0.3) is 0 Å². The normalized spacial score (nSPS) is 14.1. The highest BCUT2D eigenvalue weighted by Gasteiger charge is 2.27. The molecule has 0 rings (SSSR count). The van der Waals surface area contributed by atoms with Crippen molar-refractivity contribution in [3.63, 3.8) is 0 Å². The monoisotopic (exact) mass is 231 g/mol. The van der Waals surface area contributed by atoms with Crippen LogP contribution in [0.1, 0.15) is 40.5 Å². The Hall–Kier alpha value is -0.610. The molecule has 0 amide bonds. The summed E-state index contributed by atoms with van der Waals surface area (Å²) in [6, 6.07) is 0. The third-order valence-electron chi connectivity index (χ3n) is 3.09. The first-order valence-corrected chi connectivity index (χ1v) is 5.97. The van der Waals surface area contributed by atoms with Crippen molar-refractivity contribution in [2.75, 3.05) is 13.1 Å². The number of aliphatic hydroxyl groups excluding tert-OH is 1. The van der Waals surface area contributed by atoms with E-state index in [1.165, 1.54) is 0 Å². The van der Waals surface area contributed by atoms with Gasteiger partial charge in [-0.05, 0) is 19.8 Å². The van der Waals surface area contributed by atoms with Crippen LogP contribution in [0.3, 0.4) is 0 Å². The molecule has 0 aliphatic heterocycles. The minimum absolute atomic E-state index is 0.292. The van der Waals surface area contributed by atoms with Crippen LogP contribution in [0, 0.1) is 11.3 Å². The fourth-order valence-electron chi connectivity index (χ4n) is 1.61. The first-order chi connectivity index (χ1) is 7.35. The average molecular weight is 231 g/mol. The predicted octanol–water partition coefficient (Wildman–Crippen LogP) is 1.48. The lowest BCUT2D eigenvalue weighted by Gasteiger charge is -2.24. The van der Waals surface area contributed by atoms with Gasteiger partial charge in [0, 0.05) is 13.1 Å². The molecule has 1 unspecified atom stereocenters. The van der Waals surface area contributed by atoms with Gasteiger partial charge in [0.05, 0.1) is 11.5 Å². The summed E-state index contributed by atoms with van der Waals surface area (Å²) < 4.78 is 0. The summed E-state index contributed by atoms with van der Waals surface area (Å²) in [4.78, 5) is 10.8. The summed E-state index contributed by atoms with van der Waals surface area (Å²) in [6.07, 6.45) is 1.50. The lowest BCUT2D eigenvalue weighted by atomic mass is 9.93. The van der Waals surface area contributed by atoms with E-state index in [0.717, 1.165) is 12.8 Å². The maximum Gasteiger partial charge on any atom is 0.310 e. The zero-order chi connectivity index (χ0) is 12.8. The topological polar surface area (TPSA) is 69.6 Å². The van der Waals surface area contributed by atoms with E-state index < -0.39 is 11.4 Å². The Morgan fingerprint density at radius 2 is 1.81 bits per heavy atom. The van der Waals surface area contributed by atoms with Gasteiger partial charge in [0.1, 0.15) is 0 Å². The third kappa shape index (κ3) is 4.94. The second-order valence-corrected chi connectivity index (χ2v) is 4.96. The highest BCUT2D eigenvalue weighted by atomic mass is 16.4. The van der Waals surface area contributed by atoms with Gasteiger partial charge in [-0.15, -0.1) is 0 Å². The maximum atomic E-state index is 10.8. The predicted molar refractivity (Wildman–Crippen MR) is 64.4 cm³/mol. The fraction of sp³-hybridized carbons (Fsp3) is 0.917. The number of nitrogens with one attached hydrogen (secondary N) is 1. The third-order valence-corrected chi connectivity index (χ3v) is 3.09. The number of carbonyl (C=O) groups is 1. The molecule has 0 saturated carbocycles. The Morgan fingerprint density at radius 3 is 2.19 bits per heavy atom. The maximum absolute atomic E-state index is 10.8. The summed E-state index contributed by atoms with van der Waals surface area (Å²) in [6.45, 7) is 8.29. The van der Waals surface area contributed by atoms with Gasteiger partial charge >= 0.3 is 5.97 Å². The highest BCUT2D eigenvalue weighted by Crippen LogP contribution is 2.15. The summed E-state index contributed by atoms with van der Waals surface area (Å²) in [5.41, 5.74) is -0.784. The fourth-order valence-corrected chi connectivity index (χ4v) is 1.61. The minimum Gasteiger partial charge on any atom is -0.481 e. The molecule has 0 radical (unpaired) electrons. The lowest BCUT2D eigenvalue weighted by molar-refractivity contribution is -0.146. The number of carboxylic acids is 1. The van der Waals surface area contributed by atoms with E-state index in [1.54, 1.807) is 13.8 Å². The Kier molecular flexibility index (Phi) is 6.60. The molecule has 0 aromatic heterocycles. The van der Waals surface area contributed by atoms with Crippen LogP contribution < -0.4 is 5.32 Å². The highest BCUT2D eigenvalue weighted by molar-refractivity contribution is 5.73. The first-order valence-electron chi connectivity index (χ1n) is 5.97. The molecule has 0 aliphatic rings. The SMILES string of the molecule is CCC(CC)C(O)CNCC(C)(C)C(=O)O. The minimum atomic E-state index is -0.822. The van der Waals surface area contributed by atoms with Gasteiger partial charge in [-0.25, -0.2) is 0 Å². The van der Waals surface area contributed by atoms with Crippen LogP contribution in [0.5, 0.6) is 0 Å². The molecule has 0 bridgehead atoms. The van der Waals surface area contributed by atoms with E-state index in [-0.39, 0.29) is 6.10 Å². The summed E-state index contributed by atoms with van der Waals surface area (Å²) >= 11 is 0. The molecule has 0 aromatic carbocycles. The second kappa shape index (κ2) is 6.86. The van der Waals surface area contributed by atoms with Crippen molar-refractivity contribution < 1.29 is 15.0 Å². The Bertz CT molecular complexity index is 212. The van der Waals surface area contributed by atoms with E-state index in [9.17, 15) is 9.90 Å². The number of rotatable bonds is 8. The number of carboxylic acid groups (broad SMARTS) is 1. The van der Waals surface area contributed by atoms with Crippen LogP contribution in [-0.2, 0) is 4.79 Å². The second-order valence-electron chi connectivity index (χ2n) is 4.96. The zero-order valence-electron chi connectivity index (χ0n) is 10.8. The molecule has 0 fully saturated rings. The van der Waals surface area contributed by atoms with Crippen LogP contribution in [0.2, 0.25) is 0 Å². The average Bonchev–Trinajstić information content (AvgIpc) is 2.19. The molecule has 1 atom stereocenters.